The number of nitrogens with zero attached hydrogens (tertiary/aromatic N) is 2. The quantitative estimate of drug-likeness (QED) is 0.230. The number of para-hydroxylation sites is 4. The Hall–Kier alpha value is -5.08. The minimum absolute atomic E-state index is 1.17. The molecule has 38 heavy (non-hydrogen) atoms. The van der Waals surface area contributed by atoms with Gasteiger partial charge in [0.05, 0.1) is 22.1 Å². The van der Waals surface area contributed by atoms with Gasteiger partial charge in [0, 0.05) is 32.9 Å². The summed E-state index contributed by atoms with van der Waals surface area (Å²) in [7, 11) is 0. The van der Waals surface area contributed by atoms with Gasteiger partial charge in [-0.3, -0.25) is 0 Å². The molecule has 8 rings (SSSR count). The highest BCUT2D eigenvalue weighted by atomic mass is 15.0. The van der Waals surface area contributed by atoms with Crippen molar-refractivity contribution in [2.45, 2.75) is 0 Å². The van der Waals surface area contributed by atoms with Gasteiger partial charge in [0.15, 0.2) is 0 Å². The minimum Gasteiger partial charge on any atom is -0.309 e. The first-order valence-electron chi connectivity index (χ1n) is 13.0. The third-order valence-corrected chi connectivity index (χ3v) is 7.17. The second kappa shape index (κ2) is 9.42. The molecular weight excluding hydrogens is 460 g/mol. The van der Waals surface area contributed by atoms with Crippen molar-refractivity contribution in [3.05, 3.63) is 158 Å². The van der Waals surface area contributed by atoms with Crippen LogP contribution in [0.25, 0.3) is 55.0 Å². The zero-order valence-electron chi connectivity index (χ0n) is 20.9. The lowest BCUT2D eigenvalue weighted by molar-refractivity contribution is 1.13. The second-order valence-electron chi connectivity index (χ2n) is 9.41. The second-order valence-corrected chi connectivity index (χ2v) is 9.41. The number of rotatable bonds is 2. The molecule has 0 atom stereocenters. The Morgan fingerprint density at radius 1 is 0.263 bits per heavy atom. The third kappa shape index (κ3) is 3.66. The average Bonchev–Trinajstić information content (AvgIpc) is 3.52. The van der Waals surface area contributed by atoms with Crippen LogP contribution >= 0.6 is 0 Å². The zero-order valence-corrected chi connectivity index (χ0v) is 20.9. The first-order chi connectivity index (χ1) is 18.9. The van der Waals surface area contributed by atoms with Crippen LogP contribution in [-0.2, 0) is 0 Å². The third-order valence-electron chi connectivity index (χ3n) is 7.17. The lowest BCUT2D eigenvalue weighted by atomic mass is 10.2. The van der Waals surface area contributed by atoms with E-state index in [1.807, 2.05) is 36.4 Å². The summed E-state index contributed by atoms with van der Waals surface area (Å²) in [4.78, 5) is 0. The van der Waals surface area contributed by atoms with E-state index >= 15 is 0 Å². The van der Waals surface area contributed by atoms with Crippen LogP contribution in [0.2, 0.25) is 0 Å². The van der Waals surface area contributed by atoms with Crippen molar-refractivity contribution >= 4 is 43.6 Å². The van der Waals surface area contributed by atoms with E-state index < -0.39 is 0 Å². The van der Waals surface area contributed by atoms with E-state index in [4.69, 9.17) is 0 Å². The van der Waals surface area contributed by atoms with Gasteiger partial charge in [-0.2, -0.15) is 0 Å². The summed E-state index contributed by atoms with van der Waals surface area (Å²) >= 11 is 0. The maximum absolute atomic E-state index is 2.38. The number of hydrogen-bond donors (Lipinski definition) is 0. The van der Waals surface area contributed by atoms with E-state index in [2.05, 4.69) is 130 Å². The molecule has 0 unspecified atom stereocenters. The Balaban J connectivity index is 0.000000359. The first-order valence-corrected chi connectivity index (χ1v) is 13.0. The van der Waals surface area contributed by atoms with E-state index in [-0.39, 0.29) is 0 Å². The fraction of sp³-hybridized carbons (Fsp3) is 0. The molecule has 0 amide bonds. The molecule has 0 saturated carbocycles. The monoisotopic (exact) mass is 486 g/mol. The van der Waals surface area contributed by atoms with Crippen LogP contribution in [0.4, 0.5) is 0 Å². The number of hydrogen-bond acceptors (Lipinski definition) is 0. The van der Waals surface area contributed by atoms with Crippen LogP contribution < -0.4 is 0 Å². The highest BCUT2D eigenvalue weighted by molar-refractivity contribution is 6.10. The van der Waals surface area contributed by atoms with Crippen molar-refractivity contribution < 1.29 is 0 Å². The van der Waals surface area contributed by atoms with Crippen molar-refractivity contribution in [1.82, 2.24) is 9.13 Å². The Morgan fingerprint density at radius 3 is 0.868 bits per heavy atom. The molecule has 0 aliphatic carbocycles. The Bertz CT molecular complexity index is 1760. The Kier molecular flexibility index (Phi) is 5.49. The van der Waals surface area contributed by atoms with Gasteiger partial charge in [-0.05, 0) is 42.5 Å². The van der Waals surface area contributed by atoms with Crippen LogP contribution in [0, 0.1) is 0 Å². The molecule has 0 aliphatic rings. The van der Waals surface area contributed by atoms with Gasteiger partial charge in [0.1, 0.15) is 0 Å². The van der Waals surface area contributed by atoms with E-state index in [0.29, 0.717) is 0 Å². The number of aromatic nitrogens is 2. The molecular formula is C36H26N2. The molecule has 0 N–H and O–H groups in total. The molecule has 8 aromatic rings. The lowest BCUT2D eigenvalue weighted by Crippen LogP contribution is -1.98. The zero-order chi connectivity index (χ0) is 25.3. The molecule has 2 nitrogen and oxygen atoms in total. The normalized spacial score (nSPS) is 11.2. The summed E-state index contributed by atoms with van der Waals surface area (Å²) in [5.41, 5.74) is 7.26. The highest BCUT2D eigenvalue weighted by Gasteiger charge is 2.14. The van der Waals surface area contributed by atoms with E-state index in [1.165, 1.54) is 55.0 Å². The SMILES string of the molecule is c1cc(-n2c3ccccc3c3ccccc32)cc(-n2c3ccccc3c3ccccc32)c1.c1ccccc1. The molecule has 2 heteroatoms. The maximum Gasteiger partial charge on any atom is 0.0541 e. The van der Waals surface area contributed by atoms with Crippen LogP contribution in [0.1, 0.15) is 0 Å². The molecule has 2 aromatic heterocycles. The number of benzene rings is 6. The minimum atomic E-state index is 1.17. The lowest BCUT2D eigenvalue weighted by Gasteiger charge is -2.12. The van der Waals surface area contributed by atoms with Crippen molar-refractivity contribution in [2.75, 3.05) is 0 Å². The van der Waals surface area contributed by atoms with Crippen LogP contribution in [0.15, 0.2) is 158 Å². The largest absolute Gasteiger partial charge is 0.309 e. The smallest absolute Gasteiger partial charge is 0.0541 e. The fourth-order valence-corrected chi connectivity index (χ4v) is 5.56. The molecule has 0 saturated heterocycles. The van der Waals surface area contributed by atoms with Crippen molar-refractivity contribution in [3.63, 3.8) is 0 Å². The number of fused-ring (bicyclic) bond motifs is 6. The summed E-state index contributed by atoms with van der Waals surface area (Å²) in [6.07, 6.45) is 0. The van der Waals surface area contributed by atoms with Gasteiger partial charge in [-0.25, -0.2) is 0 Å². The summed E-state index contributed by atoms with van der Waals surface area (Å²) in [5, 5.41) is 5.13. The standard InChI is InChI=1S/C30H20N2.C6H6/c1-5-16-27-23(12-1)24-13-2-6-17-28(24)31(27)21-10-9-11-22(20-21)32-29-18-7-3-14-25(29)26-15-4-8-19-30(26)32;1-2-4-6-5-3-1/h1-20H;1-6H. The van der Waals surface area contributed by atoms with Gasteiger partial charge in [-0.15, -0.1) is 0 Å². The van der Waals surface area contributed by atoms with Crippen molar-refractivity contribution in [1.29, 1.82) is 0 Å². The maximum atomic E-state index is 2.38. The van der Waals surface area contributed by atoms with Gasteiger partial charge in [0.2, 0.25) is 0 Å². The van der Waals surface area contributed by atoms with Gasteiger partial charge >= 0.3 is 0 Å². The molecule has 180 valence electrons. The molecule has 0 fully saturated rings. The van der Waals surface area contributed by atoms with Crippen LogP contribution in [0.3, 0.4) is 0 Å². The van der Waals surface area contributed by atoms with Crippen LogP contribution in [0.5, 0.6) is 0 Å². The van der Waals surface area contributed by atoms with Gasteiger partial charge in [0.25, 0.3) is 0 Å². The Labute approximate surface area is 221 Å². The fourth-order valence-electron chi connectivity index (χ4n) is 5.56. The average molecular weight is 487 g/mol. The summed E-state index contributed by atoms with van der Waals surface area (Å²) in [6, 6.07) is 55.5. The topological polar surface area (TPSA) is 9.86 Å². The summed E-state index contributed by atoms with van der Waals surface area (Å²) < 4.78 is 4.75. The predicted octanol–water partition coefficient (Wildman–Crippen LogP) is 9.57. The Morgan fingerprint density at radius 2 is 0.553 bits per heavy atom. The molecule has 2 heterocycles. The van der Waals surface area contributed by atoms with E-state index in [9.17, 15) is 0 Å². The van der Waals surface area contributed by atoms with Crippen molar-refractivity contribution in [2.24, 2.45) is 0 Å². The first kappa shape index (κ1) is 22.1. The van der Waals surface area contributed by atoms with Gasteiger partial charge < -0.3 is 9.13 Å². The molecule has 6 aromatic carbocycles. The summed E-state index contributed by atoms with van der Waals surface area (Å²) in [5.74, 6) is 0. The highest BCUT2D eigenvalue weighted by Crippen LogP contribution is 2.35. The molecule has 0 aliphatic heterocycles. The van der Waals surface area contributed by atoms with Gasteiger partial charge in [-0.1, -0.05) is 115 Å². The van der Waals surface area contributed by atoms with Crippen LogP contribution in [-0.4, -0.2) is 9.13 Å². The summed E-state index contributed by atoms with van der Waals surface area (Å²) in [6.45, 7) is 0. The molecule has 0 spiro atoms. The van der Waals surface area contributed by atoms with Crippen molar-refractivity contribution in [3.8, 4) is 11.4 Å². The van der Waals surface area contributed by atoms with E-state index in [1.54, 1.807) is 0 Å². The predicted molar refractivity (Wildman–Crippen MR) is 162 cm³/mol. The molecule has 0 bridgehead atoms. The molecule has 0 radical (unpaired) electrons. The van der Waals surface area contributed by atoms with E-state index in [0.717, 1.165) is 0 Å².